The molecule has 3 heteroatoms. The van der Waals surface area contributed by atoms with Gasteiger partial charge in [-0.1, -0.05) is 0 Å². The van der Waals surface area contributed by atoms with Crippen molar-refractivity contribution in [2.45, 2.75) is 37.1 Å². The van der Waals surface area contributed by atoms with Crippen molar-refractivity contribution in [2.75, 3.05) is 0 Å². The molecule has 0 aromatic heterocycles. The monoisotopic (exact) mass is 196 g/mol. The van der Waals surface area contributed by atoms with E-state index in [0.717, 1.165) is 0 Å². The topological polar surface area (TPSA) is 18.5 Å². The third-order valence-electron chi connectivity index (χ3n) is 1.15. The van der Waals surface area contributed by atoms with Gasteiger partial charge >= 0.3 is 61.5 Å². The van der Waals surface area contributed by atoms with E-state index in [1.165, 1.54) is 0 Å². The van der Waals surface area contributed by atoms with Gasteiger partial charge in [0.1, 0.15) is 0 Å². The Hall–Kier alpha value is 0.439. The Morgan fingerprint density at radius 3 is 1.78 bits per heavy atom. The summed E-state index contributed by atoms with van der Waals surface area (Å²) in [6, 6.07) is 0. The summed E-state index contributed by atoms with van der Waals surface area (Å²) in [6.45, 7) is 6.16. The van der Waals surface area contributed by atoms with Crippen LogP contribution in [-0.4, -0.2) is 31.3 Å². The van der Waals surface area contributed by atoms with Gasteiger partial charge in [0.25, 0.3) is 0 Å². The third-order valence-corrected chi connectivity index (χ3v) is 3.22. The standard InChI is InChI=1S/C6H12O2Se/c1-4-7-5(2)9-6(3)8-4/h4-6H,1-3H3. The van der Waals surface area contributed by atoms with E-state index in [1.807, 2.05) is 6.92 Å². The van der Waals surface area contributed by atoms with E-state index < -0.39 is 0 Å². The van der Waals surface area contributed by atoms with Crippen LogP contribution in [0.1, 0.15) is 20.8 Å². The van der Waals surface area contributed by atoms with Crippen LogP contribution in [0, 0.1) is 0 Å². The maximum atomic E-state index is 5.36. The van der Waals surface area contributed by atoms with E-state index >= 15 is 0 Å². The Morgan fingerprint density at radius 2 is 1.44 bits per heavy atom. The summed E-state index contributed by atoms with van der Waals surface area (Å²) in [6.07, 6.45) is 0.00521. The molecule has 1 heterocycles. The van der Waals surface area contributed by atoms with Gasteiger partial charge in [0, 0.05) is 0 Å². The van der Waals surface area contributed by atoms with Crippen LogP contribution in [0.15, 0.2) is 0 Å². The molecule has 2 atom stereocenters. The first-order valence-corrected chi connectivity index (χ1v) is 5.12. The Labute approximate surface area is 62.1 Å². The molecule has 54 valence electrons. The zero-order chi connectivity index (χ0) is 6.85. The summed E-state index contributed by atoms with van der Waals surface area (Å²) in [5.41, 5.74) is 0. The first-order valence-electron chi connectivity index (χ1n) is 3.15. The molecule has 0 radical (unpaired) electrons. The molecule has 1 aliphatic rings. The van der Waals surface area contributed by atoms with Gasteiger partial charge in [-0.25, -0.2) is 0 Å². The van der Waals surface area contributed by atoms with Crippen molar-refractivity contribution in [3.8, 4) is 0 Å². The molecular formula is C6H12O2Se. The first kappa shape index (κ1) is 7.55. The summed E-state index contributed by atoms with van der Waals surface area (Å²) in [4.78, 5) is 0. The molecule has 2 nitrogen and oxygen atoms in total. The van der Waals surface area contributed by atoms with Crippen LogP contribution < -0.4 is 0 Å². The molecule has 0 bridgehead atoms. The van der Waals surface area contributed by atoms with E-state index in [9.17, 15) is 0 Å². The van der Waals surface area contributed by atoms with E-state index in [0.29, 0.717) is 25.0 Å². The van der Waals surface area contributed by atoms with E-state index in [-0.39, 0.29) is 6.29 Å². The maximum absolute atomic E-state index is 5.36. The molecule has 1 saturated heterocycles. The average molecular weight is 195 g/mol. The van der Waals surface area contributed by atoms with Crippen LogP contribution in [0.25, 0.3) is 0 Å². The Morgan fingerprint density at radius 1 is 1.00 bits per heavy atom. The molecule has 0 N–H and O–H groups in total. The fourth-order valence-corrected chi connectivity index (χ4v) is 2.96. The zero-order valence-corrected chi connectivity index (χ0v) is 7.67. The summed E-state index contributed by atoms with van der Waals surface area (Å²) in [5.74, 6) is 0. The van der Waals surface area contributed by atoms with Gasteiger partial charge in [-0.3, -0.25) is 0 Å². The zero-order valence-electron chi connectivity index (χ0n) is 5.96. The number of ether oxygens (including phenoxy) is 2. The second-order valence-electron chi connectivity index (χ2n) is 2.11. The Bertz CT molecular complexity index is 72.0. The van der Waals surface area contributed by atoms with Crippen LogP contribution in [-0.2, 0) is 9.47 Å². The third kappa shape index (κ3) is 2.26. The summed E-state index contributed by atoms with van der Waals surface area (Å²) in [5, 5.41) is 0.854. The van der Waals surface area contributed by atoms with Gasteiger partial charge < -0.3 is 0 Å². The molecule has 1 aliphatic heterocycles. The van der Waals surface area contributed by atoms with Gasteiger partial charge in [0.05, 0.1) is 0 Å². The van der Waals surface area contributed by atoms with E-state index in [2.05, 4.69) is 13.8 Å². The average Bonchev–Trinajstić information content (AvgIpc) is 1.59. The quantitative estimate of drug-likeness (QED) is 0.531. The van der Waals surface area contributed by atoms with Crippen LogP contribution in [0.3, 0.4) is 0 Å². The predicted octanol–water partition coefficient (Wildman–Crippen LogP) is 0.775. The van der Waals surface area contributed by atoms with Gasteiger partial charge in [-0.05, 0) is 0 Å². The van der Waals surface area contributed by atoms with Crippen LogP contribution in [0.5, 0.6) is 0 Å². The van der Waals surface area contributed by atoms with Gasteiger partial charge in [-0.2, -0.15) is 0 Å². The first-order chi connectivity index (χ1) is 4.18. The number of hydrogen-bond donors (Lipinski definition) is 0. The van der Waals surface area contributed by atoms with Crippen LogP contribution >= 0.6 is 0 Å². The fraction of sp³-hybridized carbons (Fsp3) is 1.00. The number of rotatable bonds is 0. The SMILES string of the molecule is CC1OC(C)[Se]C(C)O1. The molecular weight excluding hydrogens is 183 g/mol. The van der Waals surface area contributed by atoms with Crippen molar-refractivity contribution in [1.29, 1.82) is 0 Å². The van der Waals surface area contributed by atoms with E-state index in [1.54, 1.807) is 0 Å². The van der Waals surface area contributed by atoms with Crippen molar-refractivity contribution in [3.63, 3.8) is 0 Å². The molecule has 0 saturated carbocycles. The van der Waals surface area contributed by atoms with Crippen molar-refractivity contribution < 1.29 is 9.47 Å². The van der Waals surface area contributed by atoms with Crippen molar-refractivity contribution >= 4 is 15.0 Å². The minimum atomic E-state index is 0.00521. The van der Waals surface area contributed by atoms with Crippen molar-refractivity contribution in [2.24, 2.45) is 0 Å². The van der Waals surface area contributed by atoms with Crippen LogP contribution in [0.4, 0.5) is 0 Å². The molecule has 0 spiro atoms. The van der Waals surface area contributed by atoms with E-state index in [4.69, 9.17) is 9.47 Å². The number of hydrogen-bond acceptors (Lipinski definition) is 2. The molecule has 0 amide bonds. The molecule has 1 rings (SSSR count). The van der Waals surface area contributed by atoms with Gasteiger partial charge in [-0.15, -0.1) is 0 Å². The second kappa shape index (κ2) is 3.02. The van der Waals surface area contributed by atoms with Crippen molar-refractivity contribution in [3.05, 3.63) is 0 Å². The van der Waals surface area contributed by atoms with Crippen LogP contribution in [0.2, 0.25) is 0 Å². The summed E-state index contributed by atoms with van der Waals surface area (Å²) in [7, 11) is 0. The molecule has 2 unspecified atom stereocenters. The Balaban J connectivity index is 2.34. The molecule has 9 heavy (non-hydrogen) atoms. The predicted molar refractivity (Wildman–Crippen MR) is 36.3 cm³/mol. The summed E-state index contributed by atoms with van der Waals surface area (Å²) >= 11 is 0.506. The molecule has 1 fully saturated rings. The molecule has 0 aliphatic carbocycles. The summed E-state index contributed by atoms with van der Waals surface area (Å²) < 4.78 is 10.7. The normalized spacial score (nSPS) is 45.0. The second-order valence-corrected chi connectivity index (χ2v) is 5.47. The fourth-order valence-electron chi connectivity index (χ4n) is 0.906. The molecule has 0 aromatic carbocycles. The Kier molecular flexibility index (Phi) is 2.53. The van der Waals surface area contributed by atoms with Gasteiger partial charge in [0.15, 0.2) is 0 Å². The minimum absolute atomic E-state index is 0.00521. The van der Waals surface area contributed by atoms with Crippen molar-refractivity contribution in [1.82, 2.24) is 0 Å². The van der Waals surface area contributed by atoms with Gasteiger partial charge in [0.2, 0.25) is 0 Å². The molecule has 0 aromatic rings.